The van der Waals surface area contributed by atoms with E-state index in [1.807, 2.05) is 6.92 Å². The van der Waals surface area contributed by atoms with Gasteiger partial charge in [-0.2, -0.15) is 0 Å². The van der Waals surface area contributed by atoms with Crippen molar-refractivity contribution in [3.05, 3.63) is 39.9 Å². The fraction of sp³-hybridized carbons (Fsp3) is 0.500. The Morgan fingerprint density at radius 1 is 1.38 bits per heavy atom. The van der Waals surface area contributed by atoms with Crippen molar-refractivity contribution < 1.29 is 14.5 Å². The third-order valence-corrected chi connectivity index (χ3v) is 3.64. The molecule has 1 aromatic rings. The summed E-state index contributed by atoms with van der Waals surface area (Å²) in [4.78, 5) is 21.6. The molecule has 0 aliphatic rings. The van der Waals surface area contributed by atoms with Gasteiger partial charge in [-0.3, -0.25) is 14.9 Å². The van der Waals surface area contributed by atoms with Gasteiger partial charge in [0.15, 0.2) is 0 Å². The largest absolute Gasteiger partial charge is 0.382 e. The minimum absolute atomic E-state index is 0.00147. The van der Waals surface area contributed by atoms with E-state index in [4.69, 9.17) is 4.74 Å². The Kier molecular flexibility index (Phi) is 8.45. The number of non-ortho nitro benzene ring substituents is 1. The molecule has 0 radical (unpaired) electrons. The van der Waals surface area contributed by atoms with Gasteiger partial charge < -0.3 is 10.1 Å². The zero-order valence-electron chi connectivity index (χ0n) is 12.0. The Balaban J connectivity index is 2.15. The first-order chi connectivity index (χ1) is 10.1. The summed E-state index contributed by atoms with van der Waals surface area (Å²) in [7, 11) is 0. The SMILES string of the molecule is CCOCCCNC(=O)CSCc1ccc([N+](=O)[O-])cc1. The number of ether oxygens (including phenoxy) is 1. The quantitative estimate of drug-likeness (QED) is 0.407. The molecule has 0 fully saturated rings. The van der Waals surface area contributed by atoms with Crippen LogP contribution in [0.15, 0.2) is 24.3 Å². The highest BCUT2D eigenvalue weighted by Crippen LogP contribution is 2.16. The van der Waals surface area contributed by atoms with Crippen molar-refractivity contribution in [3.63, 3.8) is 0 Å². The predicted octanol–water partition coefficient (Wildman–Crippen LogP) is 2.37. The van der Waals surface area contributed by atoms with Gasteiger partial charge in [0.05, 0.1) is 10.7 Å². The van der Waals surface area contributed by atoms with Crippen molar-refractivity contribution in [3.8, 4) is 0 Å². The molecule has 1 N–H and O–H groups in total. The van der Waals surface area contributed by atoms with Crippen LogP contribution in [0.5, 0.6) is 0 Å². The monoisotopic (exact) mass is 312 g/mol. The fourth-order valence-electron chi connectivity index (χ4n) is 1.57. The summed E-state index contributed by atoms with van der Waals surface area (Å²) in [6.45, 7) is 3.91. The van der Waals surface area contributed by atoms with Gasteiger partial charge in [0, 0.05) is 37.6 Å². The van der Waals surface area contributed by atoms with Crippen LogP contribution in [0.25, 0.3) is 0 Å². The van der Waals surface area contributed by atoms with Gasteiger partial charge in [-0.15, -0.1) is 11.8 Å². The maximum atomic E-state index is 11.5. The Bertz CT molecular complexity index is 451. The molecule has 1 rings (SSSR count). The molecular weight excluding hydrogens is 292 g/mol. The van der Waals surface area contributed by atoms with Crippen molar-refractivity contribution in [1.29, 1.82) is 0 Å². The number of nitro benzene ring substituents is 1. The minimum Gasteiger partial charge on any atom is -0.382 e. The van der Waals surface area contributed by atoms with Gasteiger partial charge in [0.25, 0.3) is 5.69 Å². The zero-order valence-corrected chi connectivity index (χ0v) is 12.9. The molecular formula is C14H20N2O4S. The highest BCUT2D eigenvalue weighted by molar-refractivity contribution is 7.99. The minimum atomic E-state index is -0.424. The lowest BCUT2D eigenvalue weighted by atomic mass is 10.2. The summed E-state index contributed by atoms with van der Waals surface area (Å²) >= 11 is 1.48. The molecule has 0 heterocycles. The molecule has 0 saturated heterocycles. The number of thioether (sulfide) groups is 1. The van der Waals surface area contributed by atoms with E-state index >= 15 is 0 Å². The van der Waals surface area contributed by atoms with Gasteiger partial charge in [-0.1, -0.05) is 12.1 Å². The van der Waals surface area contributed by atoms with Crippen LogP contribution in [-0.4, -0.2) is 36.3 Å². The van der Waals surface area contributed by atoms with E-state index in [0.717, 1.165) is 12.0 Å². The van der Waals surface area contributed by atoms with Crippen LogP contribution in [0.2, 0.25) is 0 Å². The summed E-state index contributed by atoms with van der Waals surface area (Å²) in [5, 5.41) is 13.3. The first-order valence-corrected chi connectivity index (χ1v) is 7.94. The van der Waals surface area contributed by atoms with E-state index in [2.05, 4.69) is 5.32 Å². The van der Waals surface area contributed by atoms with Crippen molar-refractivity contribution in [1.82, 2.24) is 5.32 Å². The molecule has 0 unspecified atom stereocenters. The van der Waals surface area contributed by atoms with E-state index in [1.54, 1.807) is 12.1 Å². The normalized spacial score (nSPS) is 10.3. The van der Waals surface area contributed by atoms with Crippen molar-refractivity contribution in [2.45, 2.75) is 19.1 Å². The molecule has 1 aromatic carbocycles. The summed E-state index contributed by atoms with van der Waals surface area (Å²) in [6, 6.07) is 6.38. The third kappa shape index (κ3) is 7.67. The first-order valence-electron chi connectivity index (χ1n) is 6.79. The van der Waals surface area contributed by atoms with Crippen LogP contribution < -0.4 is 5.32 Å². The highest BCUT2D eigenvalue weighted by atomic mass is 32.2. The number of nitro groups is 1. The standard InChI is InChI=1S/C14H20N2O4S/c1-2-20-9-3-8-15-14(17)11-21-10-12-4-6-13(7-5-12)16(18)19/h4-7H,2-3,8-11H2,1H3,(H,15,17). The van der Waals surface area contributed by atoms with E-state index in [9.17, 15) is 14.9 Å². The summed E-state index contributed by atoms with van der Waals surface area (Å²) < 4.78 is 5.18. The van der Waals surface area contributed by atoms with Crippen LogP contribution in [0.3, 0.4) is 0 Å². The van der Waals surface area contributed by atoms with Crippen molar-refractivity contribution >= 4 is 23.4 Å². The topological polar surface area (TPSA) is 81.5 Å². The van der Waals surface area contributed by atoms with Crippen LogP contribution in [0, 0.1) is 10.1 Å². The lowest BCUT2D eigenvalue weighted by molar-refractivity contribution is -0.384. The second-order valence-electron chi connectivity index (χ2n) is 4.32. The molecule has 0 atom stereocenters. The maximum Gasteiger partial charge on any atom is 0.269 e. The number of rotatable bonds is 10. The molecule has 116 valence electrons. The molecule has 0 aromatic heterocycles. The molecule has 0 aliphatic carbocycles. The molecule has 7 heteroatoms. The predicted molar refractivity (Wildman–Crippen MR) is 83.4 cm³/mol. The van der Waals surface area contributed by atoms with E-state index in [0.29, 0.717) is 31.3 Å². The van der Waals surface area contributed by atoms with Gasteiger partial charge in [-0.05, 0) is 18.9 Å². The lowest BCUT2D eigenvalue weighted by Crippen LogP contribution is -2.26. The van der Waals surface area contributed by atoms with E-state index < -0.39 is 4.92 Å². The Labute approximate surface area is 128 Å². The van der Waals surface area contributed by atoms with Crippen LogP contribution in [0.4, 0.5) is 5.69 Å². The Morgan fingerprint density at radius 3 is 2.71 bits per heavy atom. The van der Waals surface area contributed by atoms with Crippen molar-refractivity contribution in [2.75, 3.05) is 25.5 Å². The molecule has 6 nitrogen and oxygen atoms in total. The molecule has 0 saturated carbocycles. The zero-order chi connectivity index (χ0) is 15.5. The third-order valence-electron chi connectivity index (χ3n) is 2.64. The van der Waals surface area contributed by atoms with Gasteiger partial charge in [-0.25, -0.2) is 0 Å². The average molecular weight is 312 g/mol. The van der Waals surface area contributed by atoms with Gasteiger partial charge in [0.1, 0.15) is 0 Å². The first kappa shape index (κ1) is 17.5. The summed E-state index contributed by atoms with van der Waals surface area (Å²) in [6.07, 6.45) is 0.812. The second-order valence-corrected chi connectivity index (χ2v) is 5.30. The van der Waals surface area contributed by atoms with E-state index in [1.165, 1.54) is 23.9 Å². The second kappa shape index (κ2) is 10.2. The molecule has 0 bridgehead atoms. The number of benzene rings is 1. The smallest absolute Gasteiger partial charge is 0.269 e. The van der Waals surface area contributed by atoms with Crippen LogP contribution >= 0.6 is 11.8 Å². The number of nitrogens with one attached hydrogen (secondary N) is 1. The lowest BCUT2D eigenvalue weighted by Gasteiger charge is -2.05. The molecule has 0 aliphatic heterocycles. The number of carbonyl (C=O) groups excluding carboxylic acids is 1. The van der Waals surface area contributed by atoms with Crippen LogP contribution in [-0.2, 0) is 15.3 Å². The number of hydrogen-bond donors (Lipinski definition) is 1. The Morgan fingerprint density at radius 2 is 2.10 bits per heavy atom. The van der Waals surface area contributed by atoms with Crippen LogP contribution in [0.1, 0.15) is 18.9 Å². The number of carbonyl (C=O) groups is 1. The number of amides is 1. The highest BCUT2D eigenvalue weighted by Gasteiger charge is 2.05. The molecule has 21 heavy (non-hydrogen) atoms. The molecule has 0 spiro atoms. The van der Waals surface area contributed by atoms with Gasteiger partial charge in [0.2, 0.25) is 5.91 Å². The average Bonchev–Trinajstić information content (AvgIpc) is 2.47. The summed E-state index contributed by atoms with van der Waals surface area (Å²) in [5.41, 5.74) is 1.05. The molecule has 1 amide bonds. The number of nitrogens with zero attached hydrogens (tertiary/aromatic N) is 1. The van der Waals surface area contributed by atoms with Gasteiger partial charge >= 0.3 is 0 Å². The summed E-state index contributed by atoms with van der Waals surface area (Å²) in [5.74, 6) is 1.04. The maximum absolute atomic E-state index is 11.5. The number of hydrogen-bond acceptors (Lipinski definition) is 5. The Hall–Kier alpha value is -1.60. The van der Waals surface area contributed by atoms with E-state index in [-0.39, 0.29) is 11.6 Å². The fourth-order valence-corrected chi connectivity index (χ4v) is 2.39. The van der Waals surface area contributed by atoms with Crippen molar-refractivity contribution in [2.24, 2.45) is 0 Å².